The Labute approximate surface area is 140 Å². The first kappa shape index (κ1) is 18.2. The number of carbonyl (C=O) groups is 2. The molecule has 6 nitrogen and oxygen atoms in total. The molecule has 2 saturated heterocycles. The summed E-state index contributed by atoms with van der Waals surface area (Å²) in [6, 6.07) is 0. The van der Waals surface area contributed by atoms with Crippen molar-refractivity contribution in [3.63, 3.8) is 0 Å². The lowest BCUT2D eigenvalue weighted by Gasteiger charge is -2.33. The minimum absolute atomic E-state index is 0.811. The van der Waals surface area contributed by atoms with Crippen molar-refractivity contribution in [1.82, 2.24) is 19.6 Å². The zero-order valence-corrected chi connectivity index (χ0v) is 14.4. The van der Waals surface area contributed by atoms with Gasteiger partial charge in [0.25, 0.3) is 0 Å². The Morgan fingerprint density at radius 3 is 1.48 bits per heavy atom. The minimum atomic E-state index is 0.811. The summed E-state index contributed by atoms with van der Waals surface area (Å²) in [5.41, 5.74) is 0. The van der Waals surface area contributed by atoms with E-state index in [0.29, 0.717) is 0 Å². The van der Waals surface area contributed by atoms with Crippen molar-refractivity contribution in [2.75, 3.05) is 52.6 Å². The lowest BCUT2D eigenvalue weighted by molar-refractivity contribution is -0.122. The van der Waals surface area contributed by atoms with Gasteiger partial charge in [-0.15, -0.1) is 0 Å². The van der Waals surface area contributed by atoms with Crippen molar-refractivity contribution in [2.45, 2.75) is 44.9 Å². The summed E-state index contributed by atoms with van der Waals surface area (Å²) in [6.45, 7) is 7.95. The van der Waals surface area contributed by atoms with E-state index in [4.69, 9.17) is 0 Å². The maximum atomic E-state index is 10.8. The lowest BCUT2D eigenvalue weighted by atomic mass is 10.1. The molecule has 2 amide bonds. The van der Waals surface area contributed by atoms with Crippen LogP contribution in [0.1, 0.15) is 44.9 Å². The van der Waals surface area contributed by atoms with Crippen LogP contribution in [0.15, 0.2) is 0 Å². The van der Waals surface area contributed by atoms with E-state index in [2.05, 4.69) is 9.80 Å². The van der Waals surface area contributed by atoms with Gasteiger partial charge in [0.1, 0.15) is 0 Å². The number of carbonyl (C=O) groups excluding carboxylic acids is 2. The average Bonchev–Trinajstić information content (AvgIpc) is 2.61. The molecule has 132 valence electrons. The van der Waals surface area contributed by atoms with Gasteiger partial charge in [0.05, 0.1) is 13.3 Å². The Kier molecular flexibility index (Phi) is 8.39. The van der Waals surface area contributed by atoms with Gasteiger partial charge >= 0.3 is 0 Å². The number of rotatable bonds is 10. The van der Waals surface area contributed by atoms with Crippen LogP contribution in [0.3, 0.4) is 0 Å². The van der Waals surface area contributed by atoms with Gasteiger partial charge in [-0.1, -0.05) is 19.3 Å². The highest BCUT2D eigenvalue weighted by atomic mass is 16.1. The van der Waals surface area contributed by atoms with Gasteiger partial charge in [0, 0.05) is 26.2 Å². The standard InChI is InChI=1S/C17H32N4O2/c22-16-20-12-6-10-18(14-20)8-4-2-1-3-5-9-19-11-7-13-21(15-19)17-23/h16-17H,1-15H2. The van der Waals surface area contributed by atoms with Crippen LogP contribution in [0.5, 0.6) is 0 Å². The first-order valence-electron chi connectivity index (χ1n) is 9.15. The molecule has 2 aliphatic rings. The number of amides is 2. The molecule has 0 N–H and O–H groups in total. The summed E-state index contributed by atoms with van der Waals surface area (Å²) < 4.78 is 0. The van der Waals surface area contributed by atoms with E-state index >= 15 is 0 Å². The fourth-order valence-electron chi connectivity index (χ4n) is 3.53. The van der Waals surface area contributed by atoms with Crippen LogP contribution in [0.25, 0.3) is 0 Å². The van der Waals surface area contributed by atoms with E-state index in [0.717, 1.165) is 78.3 Å². The van der Waals surface area contributed by atoms with E-state index in [9.17, 15) is 9.59 Å². The van der Waals surface area contributed by atoms with Crippen LogP contribution in [-0.2, 0) is 9.59 Å². The third-order valence-corrected chi connectivity index (χ3v) is 4.85. The normalized spacial score (nSPS) is 20.7. The zero-order valence-electron chi connectivity index (χ0n) is 14.4. The second-order valence-corrected chi connectivity index (χ2v) is 6.83. The number of hydrogen-bond donors (Lipinski definition) is 0. The molecule has 0 spiro atoms. The summed E-state index contributed by atoms with van der Waals surface area (Å²) in [5.74, 6) is 0. The third-order valence-electron chi connectivity index (χ3n) is 4.85. The Balaban J connectivity index is 1.43. The van der Waals surface area contributed by atoms with Gasteiger partial charge in [-0.25, -0.2) is 0 Å². The second-order valence-electron chi connectivity index (χ2n) is 6.83. The predicted octanol–water partition coefficient (Wildman–Crippen LogP) is 1.18. The topological polar surface area (TPSA) is 47.1 Å². The van der Waals surface area contributed by atoms with Gasteiger partial charge in [-0.05, 0) is 38.8 Å². The molecular formula is C17H32N4O2. The van der Waals surface area contributed by atoms with Crippen molar-refractivity contribution >= 4 is 12.8 Å². The fraction of sp³-hybridized carbons (Fsp3) is 0.882. The molecule has 0 unspecified atom stereocenters. The number of unbranched alkanes of at least 4 members (excludes halogenated alkanes) is 4. The van der Waals surface area contributed by atoms with Crippen LogP contribution in [0.2, 0.25) is 0 Å². The molecule has 0 aliphatic carbocycles. The smallest absolute Gasteiger partial charge is 0.210 e. The lowest BCUT2D eigenvalue weighted by Crippen LogP contribution is -2.44. The average molecular weight is 324 g/mol. The Hall–Kier alpha value is -1.14. The molecule has 2 aliphatic heterocycles. The number of nitrogens with zero attached hydrogens (tertiary/aromatic N) is 4. The third kappa shape index (κ3) is 6.87. The summed E-state index contributed by atoms with van der Waals surface area (Å²) in [6.07, 6.45) is 10.5. The molecule has 0 atom stereocenters. The highest BCUT2D eigenvalue weighted by Crippen LogP contribution is 2.10. The Morgan fingerprint density at radius 2 is 1.04 bits per heavy atom. The van der Waals surface area contributed by atoms with Crippen molar-refractivity contribution in [3.8, 4) is 0 Å². The molecule has 0 aromatic rings. The van der Waals surface area contributed by atoms with Crippen LogP contribution >= 0.6 is 0 Å². The van der Waals surface area contributed by atoms with E-state index < -0.39 is 0 Å². The monoisotopic (exact) mass is 324 g/mol. The van der Waals surface area contributed by atoms with Crippen LogP contribution < -0.4 is 0 Å². The van der Waals surface area contributed by atoms with Gasteiger partial charge < -0.3 is 9.80 Å². The molecular weight excluding hydrogens is 292 g/mol. The molecule has 23 heavy (non-hydrogen) atoms. The highest BCUT2D eigenvalue weighted by Gasteiger charge is 2.16. The Bertz CT molecular complexity index is 321. The van der Waals surface area contributed by atoms with Crippen LogP contribution in [0, 0.1) is 0 Å². The van der Waals surface area contributed by atoms with Gasteiger partial charge in [-0.2, -0.15) is 0 Å². The summed E-state index contributed by atoms with van der Waals surface area (Å²) in [4.78, 5) is 30.1. The molecule has 6 heteroatoms. The van der Waals surface area contributed by atoms with E-state index in [1.165, 1.54) is 32.1 Å². The van der Waals surface area contributed by atoms with Crippen molar-refractivity contribution < 1.29 is 9.59 Å². The zero-order chi connectivity index (χ0) is 16.3. The highest BCUT2D eigenvalue weighted by molar-refractivity contribution is 5.47. The summed E-state index contributed by atoms with van der Waals surface area (Å²) in [5, 5.41) is 0. The summed E-state index contributed by atoms with van der Waals surface area (Å²) in [7, 11) is 0. The largest absolute Gasteiger partial charge is 0.332 e. The SMILES string of the molecule is O=CN1CCCN(CCCCCCCN2CCCN(C=O)C2)C1. The summed E-state index contributed by atoms with van der Waals surface area (Å²) >= 11 is 0. The minimum Gasteiger partial charge on any atom is -0.332 e. The van der Waals surface area contributed by atoms with Gasteiger partial charge in [0.15, 0.2) is 0 Å². The van der Waals surface area contributed by atoms with Crippen molar-refractivity contribution in [3.05, 3.63) is 0 Å². The molecule has 2 heterocycles. The second kappa shape index (κ2) is 10.6. The predicted molar refractivity (Wildman–Crippen MR) is 90.7 cm³/mol. The Morgan fingerprint density at radius 1 is 0.609 bits per heavy atom. The van der Waals surface area contributed by atoms with E-state index in [1.54, 1.807) is 0 Å². The maximum absolute atomic E-state index is 10.8. The van der Waals surface area contributed by atoms with E-state index in [1.807, 2.05) is 9.80 Å². The van der Waals surface area contributed by atoms with Gasteiger partial charge in [-0.3, -0.25) is 19.4 Å². The molecule has 0 aromatic heterocycles. The first-order valence-corrected chi connectivity index (χ1v) is 9.15. The molecule has 2 rings (SSSR count). The van der Waals surface area contributed by atoms with Gasteiger partial charge in [0.2, 0.25) is 12.8 Å². The maximum Gasteiger partial charge on any atom is 0.210 e. The molecule has 0 aromatic carbocycles. The van der Waals surface area contributed by atoms with Crippen molar-refractivity contribution in [2.24, 2.45) is 0 Å². The molecule has 0 saturated carbocycles. The van der Waals surface area contributed by atoms with Crippen molar-refractivity contribution in [1.29, 1.82) is 0 Å². The quantitative estimate of drug-likeness (QED) is 0.447. The van der Waals surface area contributed by atoms with Crippen LogP contribution in [0.4, 0.5) is 0 Å². The van der Waals surface area contributed by atoms with Crippen LogP contribution in [-0.4, -0.2) is 85.0 Å². The molecule has 0 radical (unpaired) electrons. The molecule has 2 fully saturated rings. The molecule has 0 bridgehead atoms. The fourth-order valence-corrected chi connectivity index (χ4v) is 3.53. The van der Waals surface area contributed by atoms with E-state index in [-0.39, 0.29) is 0 Å². The number of hydrogen-bond acceptors (Lipinski definition) is 4. The first-order chi connectivity index (χ1) is 11.3.